The van der Waals surface area contributed by atoms with Crippen molar-refractivity contribution < 1.29 is 22.4 Å². The Kier molecular flexibility index (Phi) is 6.09. The Bertz CT molecular complexity index is 1090. The summed E-state index contributed by atoms with van der Waals surface area (Å²) in [6, 6.07) is 12.3. The molecule has 1 N–H and O–H groups in total. The van der Waals surface area contributed by atoms with Crippen LogP contribution in [0.5, 0.6) is 0 Å². The molecule has 31 heavy (non-hydrogen) atoms. The zero-order valence-electron chi connectivity index (χ0n) is 17.1. The first-order valence-corrected chi connectivity index (χ1v) is 12.1. The van der Waals surface area contributed by atoms with E-state index in [0.717, 1.165) is 12.0 Å². The van der Waals surface area contributed by atoms with Gasteiger partial charge in [-0.15, -0.1) is 0 Å². The number of carbonyl (C=O) groups excluding carboxylic acids is 2. The second-order valence-corrected chi connectivity index (χ2v) is 10.3. The minimum Gasteiger partial charge on any atom is -0.349 e. The highest BCUT2D eigenvalue weighted by Crippen LogP contribution is 2.32. The van der Waals surface area contributed by atoms with E-state index < -0.39 is 9.84 Å². The summed E-state index contributed by atoms with van der Waals surface area (Å²) in [6.45, 7) is 0.923. The number of fused-ring (bicyclic) bond motifs is 1. The average molecular weight is 445 g/mol. The number of halogens is 1. The van der Waals surface area contributed by atoms with E-state index >= 15 is 0 Å². The summed E-state index contributed by atoms with van der Waals surface area (Å²) in [5, 5.41) is 3.01. The number of benzene rings is 2. The topological polar surface area (TPSA) is 83.6 Å². The van der Waals surface area contributed by atoms with E-state index in [1.54, 1.807) is 41.3 Å². The van der Waals surface area contributed by atoms with Gasteiger partial charge in [-0.2, -0.15) is 0 Å². The molecule has 2 amide bonds. The Morgan fingerprint density at radius 3 is 2.58 bits per heavy atom. The van der Waals surface area contributed by atoms with Crippen LogP contribution in [0.3, 0.4) is 0 Å². The van der Waals surface area contributed by atoms with Crippen molar-refractivity contribution in [2.24, 2.45) is 5.92 Å². The fourth-order valence-electron chi connectivity index (χ4n) is 4.34. The van der Waals surface area contributed by atoms with E-state index in [2.05, 4.69) is 5.32 Å². The molecule has 8 heteroatoms. The van der Waals surface area contributed by atoms with Crippen LogP contribution in [0.4, 0.5) is 4.39 Å². The van der Waals surface area contributed by atoms with E-state index in [4.69, 9.17) is 0 Å². The predicted molar refractivity (Wildman–Crippen MR) is 113 cm³/mol. The van der Waals surface area contributed by atoms with Crippen molar-refractivity contribution in [2.75, 3.05) is 18.8 Å². The third-order valence-corrected chi connectivity index (χ3v) is 7.85. The third kappa shape index (κ3) is 4.79. The van der Waals surface area contributed by atoms with E-state index in [9.17, 15) is 22.4 Å². The van der Waals surface area contributed by atoms with Crippen LogP contribution in [-0.4, -0.2) is 44.0 Å². The average Bonchev–Trinajstić information content (AvgIpc) is 2.77. The number of sulfone groups is 1. The quantitative estimate of drug-likeness (QED) is 0.786. The molecule has 0 bridgehead atoms. The number of rotatable bonds is 4. The molecule has 1 fully saturated rings. The Morgan fingerprint density at radius 1 is 1.06 bits per heavy atom. The van der Waals surface area contributed by atoms with E-state index in [1.165, 1.54) is 12.1 Å². The smallest absolute Gasteiger partial charge is 0.227 e. The summed E-state index contributed by atoms with van der Waals surface area (Å²) in [7, 11) is -3.32. The molecule has 2 unspecified atom stereocenters. The molecule has 1 saturated heterocycles. The van der Waals surface area contributed by atoms with Gasteiger partial charge >= 0.3 is 0 Å². The first kappa shape index (κ1) is 21.5. The molecular weight excluding hydrogens is 419 g/mol. The summed E-state index contributed by atoms with van der Waals surface area (Å²) in [5.41, 5.74) is 1.36. The number of likely N-dealkylation sites (tertiary alicyclic amines) is 1. The normalized spacial score (nSPS) is 22.4. The highest BCUT2D eigenvalue weighted by atomic mass is 32.2. The van der Waals surface area contributed by atoms with Gasteiger partial charge in [-0.3, -0.25) is 9.59 Å². The first-order valence-electron chi connectivity index (χ1n) is 10.5. The summed E-state index contributed by atoms with van der Waals surface area (Å²) in [5.74, 6) is -0.918. The van der Waals surface area contributed by atoms with Crippen molar-refractivity contribution in [3.05, 3.63) is 65.5 Å². The fraction of sp³-hybridized carbons (Fsp3) is 0.391. The van der Waals surface area contributed by atoms with Crippen LogP contribution in [0.15, 0.2) is 53.4 Å². The molecule has 2 atom stereocenters. The molecule has 2 aromatic rings. The number of hydrogen-bond acceptors (Lipinski definition) is 4. The minimum atomic E-state index is -3.32. The van der Waals surface area contributed by atoms with Gasteiger partial charge in [-0.25, -0.2) is 12.8 Å². The molecule has 0 aromatic heterocycles. The van der Waals surface area contributed by atoms with Crippen LogP contribution < -0.4 is 5.32 Å². The van der Waals surface area contributed by atoms with Crippen molar-refractivity contribution in [1.82, 2.24) is 10.2 Å². The van der Waals surface area contributed by atoms with Gasteiger partial charge in [0.2, 0.25) is 11.8 Å². The van der Waals surface area contributed by atoms with Crippen molar-refractivity contribution in [2.45, 2.75) is 36.6 Å². The van der Waals surface area contributed by atoms with Gasteiger partial charge in [0.1, 0.15) is 5.82 Å². The van der Waals surface area contributed by atoms with Crippen LogP contribution in [0.25, 0.3) is 0 Å². The SMILES string of the molecule is O=C(NC1CCS(=O)(=O)c2ccccc21)C1CCCN(C(=O)Cc2ccc(F)cc2)C1. The molecular formula is C23H25FN2O4S. The van der Waals surface area contributed by atoms with E-state index in [1.807, 2.05) is 0 Å². The number of nitrogens with one attached hydrogen (secondary N) is 1. The second-order valence-electron chi connectivity index (χ2n) is 8.19. The largest absolute Gasteiger partial charge is 0.349 e. The number of amides is 2. The number of carbonyl (C=O) groups is 2. The minimum absolute atomic E-state index is 0.00189. The summed E-state index contributed by atoms with van der Waals surface area (Å²) < 4.78 is 37.7. The standard InChI is InChI=1S/C23H25FN2O4S/c24-18-9-7-16(8-10-18)14-22(27)26-12-3-4-17(15-26)23(28)25-20-11-13-31(29,30)21-6-2-1-5-19(20)21/h1-2,5-10,17,20H,3-4,11-15H2,(H,25,28). The highest BCUT2D eigenvalue weighted by Gasteiger charge is 2.34. The van der Waals surface area contributed by atoms with Gasteiger partial charge in [-0.1, -0.05) is 30.3 Å². The van der Waals surface area contributed by atoms with Gasteiger partial charge in [-0.05, 0) is 48.6 Å². The van der Waals surface area contributed by atoms with Gasteiger partial charge in [0.25, 0.3) is 0 Å². The molecule has 2 aliphatic heterocycles. The second kappa shape index (κ2) is 8.78. The summed E-state index contributed by atoms with van der Waals surface area (Å²) >= 11 is 0. The Labute approximate surface area is 181 Å². The molecule has 6 nitrogen and oxygen atoms in total. The molecule has 0 saturated carbocycles. The van der Waals surface area contributed by atoms with Gasteiger partial charge in [0.05, 0.1) is 29.0 Å². The van der Waals surface area contributed by atoms with Gasteiger partial charge in [0.15, 0.2) is 9.84 Å². The van der Waals surface area contributed by atoms with Crippen LogP contribution in [0, 0.1) is 11.7 Å². The number of piperidine rings is 1. The summed E-state index contributed by atoms with van der Waals surface area (Å²) in [6.07, 6.45) is 1.91. The Morgan fingerprint density at radius 2 is 1.81 bits per heavy atom. The van der Waals surface area contributed by atoms with E-state index in [0.29, 0.717) is 31.5 Å². The van der Waals surface area contributed by atoms with Crippen molar-refractivity contribution >= 4 is 21.7 Å². The van der Waals surface area contributed by atoms with Crippen LogP contribution in [-0.2, 0) is 25.8 Å². The predicted octanol–water partition coefficient (Wildman–Crippen LogP) is 2.64. The maximum Gasteiger partial charge on any atom is 0.227 e. The number of hydrogen-bond donors (Lipinski definition) is 1. The van der Waals surface area contributed by atoms with Crippen LogP contribution in [0.2, 0.25) is 0 Å². The monoisotopic (exact) mass is 444 g/mol. The summed E-state index contributed by atoms with van der Waals surface area (Å²) in [4.78, 5) is 27.6. The van der Waals surface area contributed by atoms with Gasteiger partial charge in [0, 0.05) is 13.1 Å². The lowest BCUT2D eigenvalue weighted by atomic mass is 9.95. The molecule has 2 aliphatic rings. The van der Waals surface area contributed by atoms with Crippen molar-refractivity contribution in [3.63, 3.8) is 0 Å². The third-order valence-electron chi connectivity index (χ3n) is 6.03. The molecule has 0 spiro atoms. The maximum absolute atomic E-state index is 13.1. The lowest BCUT2D eigenvalue weighted by molar-refractivity contribution is -0.135. The lowest BCUT2D eigenvalue weighted by Crippen LogP contribution is -2.47. The van der Waals surface area contributed by atoms with Crippen molar-refractivity contribution in [1.29, 1.82) is 0 Å². The van der Waals surface area contributed by atoms with Crippen LogP contribution >= 0.6 is 0 Å². The lowest BCUT2D eigenvalue weighted by Gasteiger charge is -2.34. The molecule has 2 aromatic carbocycles. The zero-order chi connectivity index (χ0) is 22.0. The van der Waals surface area contributed by atoms with E-state index in [-0.39, 0.29) is 46.7 Å². The van der Waals surface area contributed by atoms with Crippen molar-refractivity contribution in [3.8, 4) is 0 Å². The molecule has 164 valence electrons. The fourth-order valence-corrected chi connectivity index (χ4v) is 5.96. The van der Waals surface area contributed by atoms with Crippen LogP contribution in [0.1, 0.15) is 36.4 Å². The first-order chi connectivity index (χ1) is 14.8. The van der Waals surface area contributed by atoms with Gasteiger partial charge < -0.3 is 10.2 Å². The molecule has 0 radical (unpaired) electrons. The Hall–Kier alpha value is -2.74. The molecule has 2 heterocycles. The molecule has 4 rings (SSSR count). The highest BCUT2D eigenvalue weighted by molar-refractivity contribution is 7.91. The Balaban J connectivity index is 1.40. The molecule has 0 aliphatic carbocycles. The number of nitrogens with zero attached hydrogens (tertiary/aromatic N) is 1. The maximum atomic E-state index is 13.1. The zero-order valence-corrected chi connectivity index (χ0v) is 17.9.